The Labute approximate surface area is 155 Å². The van der Waals surface area contributed by atoms with Crippen molar-refractivity contribution in [2.75, 3.05) is 6.54 Å². The fraction of sp³-hybridized carbons (Fsp3) is 0.471. The molecule has 2 N–H and O–H groups in total. The monoisotopic (exact) mass is 379 g/mol. The van der Waals surface area contributed by atoms with Gasteiger partial charge in [0, 0.05) is 6.54 Å². The van der Waals surface area contributed by atoms with Gasteiger partial charge in [-0.25, -0.2) is 28.1 Å². The van der Waals surface area contributed by atoms with Crippen LogP contribution in [0.15, 0.2) is 39.7 Å². The molecule has 0 aliphatic heterocycles. The molecule has 0 bridgehead atoms. The van der Waals surface area contributed by atoms with Crippen LogP contribution in [0.5, 0.6) is 0 Å². The van der Waals surface area contributed by atoms with Gasteiger partial charge in [0.1, 0.15) is 12.6 Å². The van der Waals surface area contributed by atoms with Crippen LogP contribution in [0.25, 0.3) is 0 Å². The van der Waals surface area contributed by atoms with E-state index >= 15 is 0 Å². The summed E-state index contributed by atoms with van der Waals surface area (Å²) in [6.45, 7) is 9.92. The predicted molar refractivity (Wildman–Crippen MR) is 101 cm³/mol. The first-order valence-electron chi connectivity index (χ1n) is 8.51. The maximum Gasteiger partial charge on any atom is 0.337 e. The van der Waals surface area contributed by atoms with E-state index in [0.29, 0.717) is 11.1 Å². The average Bonchev–Trinajstić information content (AvgIpc) is 2.63. The minimum atomic E-state index is -0.927. The molecule has 0 unspecified atom stereocenters. The third kappa shape index (κ3) is 5.40. The van der Waals surface area contributed by atoms with Crippen LogP contribution < -0.4 is 27.7 Å². The maximum absolute atomic E-state index is 12.4. The van der Waals surface area contributed by atoms with Crippen LogP contribution in [0.1, 0.15) is 20.3 Å². The Balaban J connectivity index is 3.17. The zero-order valence-electron chi connectivity index (χ0n) is 15.6. The lowest BCUT2D eigenvalue weighted by molar-refractivity contribution is -0.128. The smallest absolute Gasteiger partial charge is 0.337 e. The normalized spacial score (nSPS) is 11.5. The molecule has 0 aromatic carbocycles. The van der Waals surface area contributed by atoms with Crippen molar-refractivity contribution in [3.63, 3.8) is 0 Å². The first-order chi connectivity index (χ1) is 12.8. The molecule has 27 heavy (non-hydrogen) atoms. The van der Waals surface area contributed by atoms with Gasteiger partial charge >= 0.3 is 17.1 Å². The lowest BCUT2D eigenvalue weighted by Gasteiger charge is -2.15. The van der Waals surface area contributed by atoms with Crippen LogP contribution in [0.3, 0.4) is 0 Å². The van der Waals surface area contributed by atoms with E-state index in [9.17, 15) is 24.0 Å². The van der Waals surface area contributed by atoms with E-state index in [1.54, 1.807) is 0 Å². The highest BCUT2D eigenvalue weighted by molar-refractivity contribution is 5.87. The van der Waals surface area contributed by atoms with Crippen LogP contribution >= 0.6 is 0 Å². The van der Waals surface area contributed by atoms with Crippen molar-refractivity contribution in [3.05, 3.63) is 56.8 Å². The van der Waals surface area contributed by atoms with Gasteiger partial charge in [-0.3, -0.25) is 9.59 Å². The Kier molecular flexibility index (Phi) is 8.18. The second-order valence-corrected chi connectivity index (χ2v) is 5.81. The van der Waals surface area contributed by atoms with Crippen molar-refractivity contribution in [1.29, 1.82) is 0 Å². The number of amides is 2. The molecule has 0 saturated carbocycles. The average molecular weight is 379 g/mol. The molecular weight excluding hydrogens is 354 g/mol. The Morgan fingerprint density at radius 1 is 1.00 bits per heavy atom. The lowest BCUT2D eigenvalue weighted by atomic mass is 10.3. The summed E-state index contributed by atoms with van der Waals surface area (Å²) in [5.74, 6) is -1.08. The number of rotatable bonds is 10. The fourth-order valence-electron chi connectivity index (χ4n) is 2.29. The topological polar surface area (TPSA) is 124 Å². The summed E-state index contributed by atoms with van der Waals surface area (Å²) >= 11 is 0. The van der Waals surface area contributed by atoms with Crippen LogP contribution in [-0.4, -0.2) is 38.1 Å². The highest BCUT2D eigenvalue weighted by Gasteiger charge is 2.19. The second-order valence-electron chi connectivity index (χ2n) is 5.81. The number of nitrogens with zero attached hydrogens (tertiary/aromatic N) is 3. The van der Waals surface area contributed by atoms with Crippen molar-refractivity contribution < 1.29 is 9.59 Å². The second kappa shape index (κ2) is 10.1. The molecule has 0 spiro atoms. The summed E-state index contributed by atoms with van der Waals surface area (Å²) in [6.07, 6.45) is 3.40. The molecule has 0 aliphatic carbocycles. The van der Waals surface area contributed by atoms with Gasteiger partial charge in [-0.05, 0) is 13.3 Å². The Morgan fingerprint density at radius 3 is 1.93 bits per heavy atom. The zero-order chi connectivity index (χ0) is 20.6. The van der Waals surface area contributed by atoms with E-state index in [-0.39, 0.29) is 19.0 Å². The van der Waals surface area contributed by atoms with Crippen molar-refractivity contribution in [2.45, 2.75) is 45.9 Å². The number of hydrogen-bond acceptors (Lipinski definition) is 5. The van der Waals surface area contributed by atoms with E-state index in [0.717, 1.165) is 15.6 Å². The first kappa shape index (κ1) is 21.9. The molecule has 1 atom stereocenters. The lowest BCUT2D eigenvalue weighted by Crippen LogP contribution is -2.56. The van der Waals surface area contributed by atoms with Gasteiger partial charge in [0.25, 0.3) is 0 Å². The van der Waals surface area contributed by atoms with Gasteiger partial charge in [0.05, 0.1) is 13.1 Å². The Morgan fingerprint density at radius 2 is 1.48 bits per heavy atom. The van der Waals surface area contributed by atoms with Gasteiger partial charge in [0.15, 0.2) is 0 Å². The number of allylic oxidation sites excluding steroid dienone is 2. The van der Waals surface area contributed by atoms with E-state index in [1.165, 1.54) is 19.1 Å². The molecule has 0 fully saturated rings. The summed E-state index contributed by atoms with van der Waals surface area (Å²) < 4.78 is 2.23. The van der Waals surface area contributed by atoms with Crippen LogP contribution in [0.4, 0.5) is 0 Å². The van der Waals surface area contributed by atoms with E-state index < -0.39 is 35.6 Å². The van der Waals surface area contributed by atoms with Crippen molar-refractivity contribution >= 4 is 11.8 Å². The summed E-state index contributed by atoms with van der Waals surface area (Å²) in [5, 5.41) is 5.05. The molecule has 10 heteroatoms. The van der Waals surface area contributed by atoms with E-state index in [2.05, 4.69) is 23.8 Å². The van der Waals surface area contributed by atoms with Gasteiger partial charge in [-0.1, -0.05) is 19.1 Å². The van der Waals surface area contributed by atoms with Gasteiger partial charge in [0.2, 0.25) is 11.8 Å². The molecule has 1 rings (SSSR count). The fourth-order valence-corrected chi connectivity index (χ4v) is 2.29. The van der Waals surface area contributed by atoms with Crippen molar-refractivity contribution in [2.24, 2.45) is 0 Å². The predicted octanol–water partition coefficient (Wildman–Crippen LogP) is -1.43. The van der Waals surface area contributed by atoms with Gasteiger partial charge in [-0.15, -0.1) is 13.2 Å². The molecular formula is C17H25N5O5. The summed E-state index contributed by atoms with van der Waals surface area (Å²) in [7, 11) is 0. The Hall–Kier alpha value is -3.17. The SMILES string of the molecule is C=CCn1c(=O)n(CC=C)c(=O)n(CC(=O)N[C@H](C)C(=O)NCCC)c1=O. The van der Waals surface area contributed by atoms with E-state index in [1.807, 2.05) is 6.92 Å². The molecule has 0 radical (unpaired) electrons. The first-order valence-corrected chi connectivity index (χ1v) is 8.51. The molecule has 1 aromatic heterocycles. The van der Waals surface area contributed by atoms with E-state index in [4.69, 9.17) is 0 Å². The number of carbonyl (C=O) groups excluding carboxylic acids is 2. The molecule has 148 valence electrons. The number of carbonyl (C=O) groups is 2. The van der Waals surface area contributed by atoms with Gasteiger partial charge in [-0.2, -0.15) is 0 Å². The molecule has 1 heterocycles. The summed E-state index contributed by atoms with van der Waals surface area (Å²) in [6, 6.07) is -0.839. The third-order valence-corrected chi connectivity index (χ3v) is 3.63. The van der Waals surface area contributed by atoms with Crippen LogP contribution in [0.2, 0.25) is 0 Å². The molecule has 0 saturated heterocycles. The van der Waals surface area contributed by atoms with Crippen LogP contribution in [-0.2, 0) is 29.2 Å². The summed E-state index contributed by atoms with van der Waals surface area (Å²) in [4.78, 5) is 61.1. The molecule has 10 nitrogen and oxygen atoms in total. The molecule has 2 amide bonds. The minimum absolute atomic E-state index is 0.119. The quantitative estimate of drug-likeness (QED) is 0.483. The van der Waals surface area contributed by atoms with Crippen LogP contribution in [0, 0.1) is 0 Å². The standard InChI is InChI=1S/C17H25N5O5/c1-5-8-18-14(24)12(4)19-13(23)11-22-16(26)20(9-6-2)15(25)21(10-7-3)17(22)27/h6-7,12H,2-3,5,8-11H2,1,4H3,(H,18,24)(H,19,23)/t12-/m1/s1. The maximum atomic E-state index is 12.4. The van der Waals surface area contributed by atoms with Crippen molar-refractivity contribution in [3.8, 4) is 0 Å². The number of hydrogen-bond donors (Lipinski definition) is 2. The Bertz CT molecular complexity index is 844. The van der Waals surface area contributed by atoms with Crippen molar-refractivity contribution in [1.82, 2.24) is 24.3 Å². The molecule has 1 aromatic rings. The third-order valence-electron chi connectivity index (χ3n) is 3.63. The largest absolute Gasteiger partial charge is 0.354 e. The molecule has 0 aliphatic rings. The highest BCUT2D eigenvalue weighted by Crippen LogP contribution is 1.86. The number of aromatic nitrogens is 3. The number of nitrogens with one attached hydrogen (secondary N) is 2. The highest BCUT2D eigenvalue weighted by atomic mass is 16.2. The zero-order valence-corrected chi connectivity index (χ0v) is 15.6. The van der Waals surface area contributed by atoms with Gasteiger partial charge < -0.3 is 10.6 Å². The minimum Gasteiger partial charge on any atom is -0.354 e. The summed E-state index contributed by atoms with van der Waals surface area (Å²) in [5.41, 5.74) is -2.67.